The van der Waals surface area contributed by atoms with Crippen molar-refractivity contribution in [2.24, 2.45) is 5.92 Å². The Bertz CT molecular complexity index is 711. The van der Waals surface area contributed by atoms with Crippen LogP contribution in [0.2, 0.25) is 0 Å². The molecule has 2 heterocycles. The minimum absolute atomic E-state index is 0.00456. The highest BCUT2D eigenvalue weighted by Gasteiger charge is 2.28. The van der Waals surface area contributed by atoms with Crippen LogP contribution in [0.5, 0.6) is 0 Å². The number of oxazole rings is 1. The van der Waals surface area contributed by atoms with E-state index in [1.54, 1.807) is 18.3 Å². The van der Waals surface area contributed by atoms with Crippen LogP contribution in [-0.2, 0) is 11.2 Å². The van der Waals surface area contributed by atoms with Crippen LogP contribution in [0.4, 0.5) is 4.39 Å². The van der Waals surface area contributed by atoms with E-state index in [-0.39, 0.29) is 23.6 Å². The number of nitrogens with zero attached hydrogens (tertiary/aromatic N) is 2. The fraction of sp³-hybridized carbons (Fsp3) is 0.474. The monoisotopic (exact) mass is 330 g/mol. The molecule has 1 aromatic heterocycles. The normalized spacial score (nSPS) is 18.2. The molecular weight excluding hydrogens is 307 g/mol. The maximum Gasteiger partial charge on any atom is 0.225 e. The Morgan fingerprint density at radius 1 is 1.42 bits per heavy atom. The van der Waals surface area contributed by atoms with Gasteiger partial charge >= 0.3 is 0 Å². The highest BCUT2D eigenvalue weighted by atomic mass is 19.1. The highest BCUT2D eigenvalue weighted by molar-refractivity contribution is 5.78. The molecule has 4 nitrogen and oxygen atoms in total. The van der Waals surface area contributed by atoms with Crippen LogP contribution in [0.3, 0.4) is 0 Å². The number of carbonyl (C=O) groups is 1. The number of aromatic nitrogens is 1. The van der Waals surface area contributed by atoms with Crippen LogP contribution in [0, 0.1) is 11.7 Å². The predicted molar refractivity (Wildman–Crippen MR) is 89.1 cm³/mol. The molecule has 1 unspecified atom stereocenters. The Kier molecular flexibility index (Phi) is 4.97. The van der Waals surface area contributed by atoms with Crippen LogP contribution in [0.15, 0.2) is 34.9 Å². The van der Waals surface area contributed by atoms with Gasteiger partial charge in [-0.3, -0.25) is 4.79 Å². The van der Waals surface area contributed by atoms with E-state index in [1.807, 2.05) is 24.8 Å². The van der Waals surface area contributed by atoms with Gasteiger partial charge in [-0.05, 0) is 24.5 Å². The fourth-order valence-corrected chi connectivity index (χ4v) is 3.17. The first-order chi connectivity index (χ1) is 11.5. The van der Waals surface area contributed by atoms with Crippen molar-refractivity contribution in [3.05, 3.63) is 53.5 Å². The second kappa shape index (κ2) is 7.16. The van der Waals surface area contributed by atoms with Gasteiger partial charge in [-0.15, -0.1) is 0 Å². The maximum atomic E-state index is 13.7. The number of amides is 1. The average Bonchev–Trinajstić information content (AvgIpc) is 3.05. The van der Waals surface area contributed by atoms with E-state index < -0.39 is 0 Å². The molecule has 2 aromatic rings. The Balaban J connectivity index is 1.69. The van der Waals surface area contributed by atoms with Crippen molar-refractivity contribution in [3.8, 4) is 0 Å². The van der Waals surface area contributed by atoms with Crippen molar-refractivity contribution in [1.29, 1.82) is 0 Å². The lowest BCUT2D eigenvalue weighted by molar-refractivity contribution is -0.135. The average molecular weight is 330 g/mol. The Labute approximate surface area is 141 Å². The molecule has 128 valence electrons. The van der Waals surface area contributed by atoms with Crippen molar-refractivity contribution in [3.63, 3.8) is 0 Å². The standard InChI is InChI=1S/C19H23FN2O2/c1-13(2)19(23)22-9-5-7-15(12-22)18-21-11-16(24-18)10-14-6-3-4-8-17(14)20/h3-4,6,8,11,13,15H,5,7,9-10,12H2,1-2H3. The lowest BCUT2D eigenvalue weighted by atomic mass is 9.97. The quantitative estimate of drug-likeness (QED) is 0.857. The fourth-order valence-electron chi connectivity index (χ4n) is 3.17. The van der Waals surface area contributed by atoms with Crippen LogP contribution >= 0.6 is 0 Å². The molecule has 1 aliphatic heterocycles. The number of hydrogen-bond acceptors (Lipinski definition) is 3. The number of rotatable bonds is 4. The summed E-state index contributed by atoms with van der Waals surface area (Å²) < 4.78 is 19.6. The van der Waals surface area contributed by atoms with Gasteiger partial charge in [0.2, 0.25) is 5.91 Å². The van der Waals surface area contributed by atoms with Gasteiger partial charge in [0.05, 0.1) is 12.1 Å². The third-order valence-corrected chi connectivity index (χ3v) is 4.47. The van der Waals surface area contributed by atoms with E-state index in [0.717, 1.165) is 19.4 Å². The molecular formula is C19H23FN2O2. The minimum atomic E-state index is -0.234. The Hall–Kier alpha value is -2.17. The first kappa shape index (κ1) is 16.7. The first-order valence-electron chi connectivity index (χ1n) is 8.51. The summed E-state index contributed by atoms with van der Waals surface area (Å²) in [5, 5.41) is 0. The molecule has 24 heavy (non-hydrogen) atoms. The third-order valence-electron chi connectivity index (χ3n) is 4.47. The molecule has 1 saturated heterocycles. The number of piperidine rings is 1. The van der Waals surface area contributed by atoms with Crippen LogP contribution in [0.1, 0.15) is 49.8 Å². The third kappa shape index (κ3) is 3.66. The zero-order valence-corrected chi connectivity index (χ0v) is 14.2. The molecule has 1 aromatic carbocycles. The second-order valence-electron chi connectivity index (χ2n) is 6.71. The number of likely N-dealkylation sites (tertiary alicyclic amines) is 1. The topological polar surface area (TPSA) is 46.3 Å². The molecule has 3 rings (SSSR count). The predicted octanol–water partition coefficient (Wildman–Crippen LogP) is 3.77. The second-order valence-corrected chi connectivity index (χ2v) is 6.71. The van der Waals surface area contributed by atoms with Gasteiger partial charge in [0.25, 0.3) is 0 Å². The summed E-state index contributed by atoms with van der Waals surface area (Å²) in [4.78, 5) is 18.5. The summed E-state index contributed by atoms with van der Waals surface area (Å²) in [6.45, 7) is 5.29. The molecule has 1 fully saturated rings. The van der Waals surface area contributed by atoms with Gasteiger partial charge in [-0.2, -0.15) is 0 Å². The minimum Gasteiger partial charge on any atom is -0.445 e. The molecule has 0 spiro atoms. The summed E-state index contributed by atoms with van der Waals surface area (Å²) in [7, 11) is 0. The summed E-state index contributed by atoms with van der Waals surface area (Å²) >= 11 is 0. The Morgan fingerprint density at radius 2 is 2.21 bits per heavy atom. The van der Waals surface area contributed by atoms with Gasteiger partial charge < -0.3 is 9.32 Å². The SMILES string of the molecule is CC(C)C(=O)N1CCCC(c2ncc(Cc3ccccc3F)o2)C1. The molecule has 0 radical (unpaired) electrons. The summed E-state index contributed by atoms with van der Waals surface area (Å²) in [6.07, 6.45) is 3.97. The maximum absolute atomic E-state index is 13.7. The van der Waals surface area contributed by atoms with Gasteiger partial charge in [-0.1, -0.05) is 32.0 Å². The lowest BCUT2D eigenvalue weighted by Gasteiger charge is -2.32. The van der Waals surface area contributed by atoms with E-state index in [2.05, 4.69) is 4.98 Å². The summed E-state index contributed by atoms with van der Waals surface area (Å²) in [6, 6.07) is 6.68. The first-order valence-corrected chi connectivity index (χ1v) is 8.51. The largest absolute Gasteiger partial charge is 0.445 e. The van der Waals surface area contributed by atoms with Gasteiger partial charge in [-0.25, -0.2) is 9.37 Å². The molecule has 0 bridgehead atoms. The Morgan fingerprint density at radius 3 is 2.96 bits per heavy atom. The lowest BCUT2D eigenvalue weighted by Crippen LogP contribution is -2.41. The molecule has 1 aliphatic rings. The van der Waals surface area contributed by atoms with Crippen molar-refractivity contribution in [1.82, 2.24) is 9.88 Å². The van der Waals surface area contributed by atoms with Gasteiger partial charge in [0.15, 0.2) is 5.89 Å². The van der Waals surface area contributed by atoms with Crippen LogP contribution in [-0.4, -0.2) is 28.9 Å². The van der Waals surface area contributed by atoms with Crippen LogP contribution in [0.25, 0.3) is 0 Å². The molecule has 0 saturated carbocycles. The number of benzene rings is 1. The molecule has 5 heteroatoms. The van der Waals surface area contributed by atoms with Crippen molar-refractivity contribution >= 4 is 5.91 Å². The zero-order chi connectivity index (χ0) is 17.1. The zero-order valence-electron chi connectivity index (χ0n) is 14.2. The smallest absolute Gasteiger partial charge is 0.225 e. The number of carbonyl (C=O) groups excluding carboxylic acids is 1. The molecule has 1 atom stereocenters. The van der Waals surface area contributed by atoms with Crippen molar-refractivity contribution in [2.45, 2.75) is 39.0 Å². The van der Waals surface area contributed by atoms with E-state index in [1.165, 1.54) is 6.07 Å². The van der Waals surface area contributed by atoms with E-state index in [4.69, 9.17) is 4.42 Å². The summed E-state index contributed by atoms with van der Waals surface area (Å²) in [5.41, 5.74) is 0.598. The number of halogens is 1. The van der Waals surface area contributed by atoms with Crippen molar-refractivity contribution < 1.29 is 13.6 Å². The highest BCUT2D eigenvalue weighted by Crippen LogP contribution is 2.28. The van der Waals surface area contributed by atoms with Crippen LogP contribution < -0.4 is 0 Å². The van der Waals surface area contributed by atoms with Gasteiger partial charge in [0.1, 0.15) is 11.6 Å². The van der Waals surface area contributed by atoms with E-state index in [0.29, 0.717) is 30.2 Å². The van der Waals surface area contributed by atoms with E-state index in [9.17, 15) is 9.18 Å². The van der Waals surface area contributed by atoms with Crippen molar-refractivity contribution in [2.75, 3.05) is 13.1 Å². The summed E-state index contributed by atoms with van der Waals surface area (Å²) in [5.74, 6) is 1.38. The molecule has 1 amide bonds. The molecule has 0 N–H and O–H groups in total. The molecule has 0 aliphatic carbocycles. The van der Waals surface area contributed by atoms with Gasteiger partial charge in [0, 0.05) is 25.4 Å². The number of hydrogen-bond donors (Lipinski definition) is 0. The van der Waals surface area contributed by atoms with E-state index >= 15 is 0 Å².